The molecule has 1 unspecified atom stereocenters. The molecule has 3 heterocycles. The van der Waals surface area contributed by atoms with Crippen LogP contribution in [0.1, 0.15) is 29.0 Å². The number of rotatable bonds is 3. The molecule has 1 amide bonds. The van der Waals surface area contributed by atoms with Gasteiger partial charge >= 0.3 is 12.2 Å². The minimum Gasteiger partial charge on any atom is -0.458 e. The van der Waals surface area contributed by atoms with E-state index < -0.39 is 18.0 Å². The maximum absolute atomic E-state index is 12.8. The largest absolute Gasteiger partial charge is 0.458 e. The summed E-state index contributed by atoms with van der Waals surface area (Å²) >= 11 is 0. The Bertz CT molecular complexity index is 1040. The molecule has 1 aromatic carbocycles. The van der Waals surface area contributed by atoms with Crippen molar-refractivity contribution in [3.05, 3.63) is 54.1 Å². The fourth-order valence-corrected chi connectivity index (χ4v) is 3.15. The first-order valence-electron chi connectivity index (χ1n) is 8.98. The first-order chi connectivity index (χ1) is 13.9. The van der Waals surface area contributed by atoms with Gasteiger partial charge in [-0.25, -0.2) is 9.97 Å². The average Bonchev–Trinajstić information content (AvgIpc) is 2.72. The third-order valence-corrected chi connectivity index (χ3v) is 4.53. The van der Waals surface area contributed by atoms with Gasteiger partial charge in [-0.05, 0) is 31.0 Å². The molecule has 7 nitrogen and oxygen atoms in total. The fourth-order valence-electron chi connectivity index (χ4n) is 3.15. The van der Waals surface area contributed by atoms with E-state index in [4.69, 9.17) is 4.74 Å². The molecular weight excluding hydrogens is 387 g/mol. The molecule has 3 aromatic rings. The highest BCUT2D eigenvalue weighted by Gasteiger charge is 2.33. The Morgan fingerprint density at radius 3 is 2.69 bits per heavy atom. The van der Waals surface area contributed by atoms with Crippen molar-refractivity contribution in [1.82, 2.24) is 24.8 Å². The van der Waals surface area contributed by atoms with Gasteiger partial charge in [-0.2, -0.15) is 18.2 Å². The summed E-state index contributed by atoms with van der Waals surface area (Å²) in [6.45, 7) is 0.698. The van der Waals surface area contributed by atoms with Crippen molar-refractivity contribution in [2.45, 2.75) is 25.1 Å². The molecule has 4 rings (SSSR count). The second-order valence-electron chi connectivity index (χ2n) is 6.60. The molecular formula is C19H16F3N5O2. The number of fused-ring (bicyclic) bond motifs is 1. The number of amides is 1. The molecule has 1 aliphatic rings. The number of ether oxygens (including phenoxy) is 1. The van der Waals surface area contributed by atoms with Crippen LogP contribution < -0.4 is 4.74 Å². The van der Waals surface area contributed by atoms with Crippen LogP contribution in [0.2, 0.25) is 0 Å². The van der Waals surface area contributed by atoms with E-state index in [9.17, 15) is 18.0 Å². The molecule has 0 aliphatic carbocycles. The fraction of sp³-hybridized carbons (Fsp3) is 0.316. The number of piperidine rings is 1. The Kier molecular flexibility index (Phi) is 4.99. The van der Waals surface area contributed by atoms with E-state index in [-0.39, 0.29) is 24.2 Å². The van der Waals surface area contributed by atoms with Crippen LogP contribution in [0.4, 0.5) is 13.2 Å². The predicted octanol–water partition coefficient (Wildman–Crippen LogP) is 3.12. The van der Waals surface area contributed by atoms with Crippen LogP contribution >= 0.6 is 0 Å². The summed E-state index contributed by atoms with van der Waals surface area (Å²) in [6.07, 6.45) is -1.45. The van der Waals surface area contributed by atoms with Crippen molar-refractivity contribution in [3.8, 4) is 6.01 Å². The lowest BCUT2D eigenvalue weighted by molar-refractivity contribution is -0.141. The quantitative estimate of drug-likeness (QED) is 0.669. The van der Waals surface area contributed by atoms with Crippen molar-refractivity contribution in [1.29, 1.82) is 0 Å². The standard InChI is InChI=1S/C19H16F3N5O2/c20-19(21,22)16-7-8-23-18(26-16)29-12-4-3-9-27(11-12)17(28)15-10-24-13-5-1-2-6-14(13)25-15/h1-2,5-8,10,12H,3-4,9,11H2. The first-order valence-corrected chi connectivity index (χ1v) is 8.98. The number of para-hydroxylation sites is 2. The molecule has 1 aliphatic heterocycles. The van der Waals surface area contributed by atoms with Crippen molar-refractivity contribution in [2.24, 2.45) is 0 Å². The lowest BCUT2D eigenvalue weighted by Gasteiger charge is -2.32. The SMILES string of the molecule is O=C(c1cnc2ccccc2n1)N1CCCC(Oc2nccc(C(F)(F)F)n2)C1. The van der Waals surface area contributed by atoms with Gasteiger partial charge in [0.2, 0.25) is 0 Å². The molecule has 29 heavy (non-hydrogen) atoms. The minimum absolute atomic E-state index is 0.201. The number of likely N-dealkylation sites (tertiary alicyclic amines) is 1. The number of hydrogen-bond donors (Lipinski definition) is 0. The number of benzene rings is 1. The van der Waals surface area contributed by atoms with Crippen LogP contribution in [-0.2, 0) is 6.18 Å². The summed E-state index contributed by atoms with van der Waals surface area (Å²) in [6, 6.07) is 7.64. The lowest BCUT2D eigenvalue weighted by atomic mass is 10.1. The summed E-state index contributed by atoms with van der Waals surface area (Å²) in [5.41, 5.74) is 0.434. The highest BCUT2D eigenvalue weighted by atomic mass is 19.4. The monoisotopic (exact) mass is 403 g/mol. The Balaban J connectivity index is 1.47. The zero-order valence-corrected chi connectivity index (χ0v) is 15.1. The van der Waals surface area contributed by atoms with Crippen LogP contribution in [0, 0.1) is 0 Å². The van der Waals surface area contributed by atoms with Crippen LogP contribution in [0.5, 0.6) is 6.01 Å². The van der Waals surface area contributed by atoms with Gasteiger partial charge in [0.15, 0.2) is 5.69 Å². The Labute approximate surface area is 163 Å². The smallest absolute Gasteiger partial charge is 0.433 e. The van der Waals surface area contributed by atoms with Gasteiger partial charge in [0.05, 0.1) is 23.8 Å². The van der Waals surface area contributed by atoms with E-state index in [1.165, 1.54) is 6.20 Å². The van der Waals surface area contributed by atoms with Crippen LogP contribution in [-0.4, -0.2) is 49.9 Å². The summed E-state index contributed by atoms with van der Waals surface area (Å²) in [5.74, 6) is -0.304. The molecule has 1 saturated heterocycles. The average molecular weight is 403 g/mol. The summed E-state index contributed by atoms with van der Waals surface area (Å²) in [4.78, 5) is 30.1. The van der Waals surface area contributed by atoms with Gasteiger partial charge in [0.1, 0.15) is 11.8 Å². The molecule has 0 spiro atoms. The molecule has 10 heteroatoms. The van der Waals surface area contributed by atoms with Crippen LogP contribution in [0.15, 0.2) is 42.7 Å². The van der Waals surface area contributed by atoms with Gasteiger partial charge in [-0.3, -0.25) is 9.78 Å². The van der Waals surface area contributed by atoms with Crippen LogP contribution in [0.25, 0.3) is 11.0 Å². The third kappa shape index (κ3) is 4.25. The highest BCUT2D eigenvalue weighted by molar-refractivity contribution is 5.93. The zero-order valence-electron chi connectivity index (χ0n) is 15.1. The number of aromatic nitrogens is 4. The predicted molar refractivity (Wildman–Crippen MR) is 96.1 cm³/mol. The first kappa shape index (κ1) is 19.0. The van der Waals surface area contributed by atoms with Gasteiger partial charge in [-0.15, -0.1) is 0 Å². The summed E-state index contributed by atoms with van der Waals surface area (Å²) in [7, 11) is 0. The van der Waals surface area contributed by atoms with Crippen molar-refractivity contribution in [3.63, 3.8) is 0 Å². The van der Waals surface area contributed by atoms with E-state index in [2.05, 4.69) is 19.9 Å². The van der Waals surface area contributed by atoms with E-state index in [1.807, 2.05) is 12.1 Å². The minimum atomic E-state index is -4.58. The maximum Gasteiger partial charge on any atom is 0.433 e. The molecule has 0 bridgehead atoms. The number of nitrogens with zero attached hydrogens (tertiary/aromatic N) is 5. The van der Waals surface area contributed by atoms with Crippen molar-refractivity contribution >= 4 is 16.9 Å². The molecule has 1 atom stereocenters. The summed E-state index contributed by atoms with van der Waals surface area (Å²) in [5, 5.41) is 0. The summed E-state index contributed by atoms with van der Waals surface area (Å²) < 4.78 is 43.9. The maximum atomic E-state index is 12.8. The molecule has 1 fully saturated rings. The Morgan fingerprint density at radius 1 is 1.10 bits per heavy atom. The second-order valence-corrected chi connectivity index (χ2v) is 6.60. The lowest BCUT2D eigenvalue weighted by Crippen LogP contribution is -2.44. The number of carbonyl (C=O) groups is 1. The van der Waals surface area contributed by atoms with Crippen LogP contribution in [0.3, 0.4) is 0 Å². The van der Waals surface area contributed by atoms with Gasteiger partial charge < -0.3 is 9.64 Å². The van der Waals surface area contributed by atoms with E-state index in [0.717, 1.165) is 12.3 Å². The Hall–Kier alpha value is -3.30. The second kappa shape index (κ2) is 7.61. The normalized spacial score (nSPS) is 17.3. The van der Waals surface area contributed by atoms with Gasteiger partial charge in [0, 0.05) is 12.7 Å². The molecule has 150 valence electrons. The van der Waals surface area contributed by atoms with Crippen molar-refractivity contribution in [2.75, 3.05) is 13.1 Å². The van der Waals surface area contributed by atoms with E-state index in [0.29, 0.717) is 30.4 Å². The number of halogens is 3. The van der Waals surface area contributed by atoms with E-state index >= 15 is 0 Å². The van der Waals surface area contributed by atoms with E-state index in [1.54, 1.807) is 17.0 Å². The number of hydrogen-bond acceptors (Lipinski definition) is 6. The van der Waals surface area contributed by atoms with Gasteiger partial charge in [-0.1, -0.05) is 12.1 Å². The zero-order chi connectivity index (χ0) is 20.4. The topological polar surface area (TPSA) is 81.1 Å². The molecule has 0 radical (unpaired) electrons. The number of alkyl halides is 3. The highest BCUT2D eigenvalue weighted by Crippen LogP contribution is 2.28. The molecule has 2 aromatic heterocycles. The molecule has 0 saturated carbocycles. The van der Waals surface area contributed by atoms with Gasteiger partial charge in [0.25, 0.3) is 5.91 Å². The Morgan fingerprint density at radius 2 is 1.90 bits per heavy atom. The van der Waals surface area contributed by atoms with Crippen molar-refractivity contribution < 1.29 is 22.7 Å². The molecule has 0 N–H and O–H groups in total. The number of carbonyl (C=O) groups excluding carboxylic acids is 1. The third-order valence-electron chi connectivity index (χ3n) is 4.53.